The highest BCUT2D eigenvalue weighted by molar-refractivity contribution is 5.74. The van der Waals surface area contributed by atoms with Gasteiger partial charge in [-0.15, -0.1) is 0 Å². The predicted molar refractivity (Wildman–Crippen MR) is 96.6 cm³/mol. The number of aromatic nitrogens is 4. The van der Waals surface area contributed by atoms with E-state index in [-0.39, 0.29) is 5.56 Å². The summed E-state index contributed by atoms with van der Waals surface area (Å²) in [5.74, 6) is 0.827. The molecule has 1 aromatic carbocycles. The lowest BCUT2D eigenvalue weighted by atomic mass is 10.0. The Kier molecular flexibility index (Phi) is 4.15. The molecule has 128 valence electrons. The number of H-pyrrole nitrogens is 1. The van der Waals surface area contributed by atoms with Gasteiger partial charge in [-0.25, -0.2) is 5.10 Å². The molecule has 3 heterocycles. The molecule has 1 fully saturated rings. The Balaban J connectivity index is 1.45. The molecule has 25 heavy (non-hydrogen) atoms. The van der Waals surface area contributed by atoms with E-state index in [4.69, 9.17) is 0 Å². The molecule has 0 unspecified atom stereocenters. The van der Waals surface area contributed by atoms with Gasteiger partial charge in [0.25, 0.3) is 5.56 Å². The third kappa shape index (κ3) is 3.23. The Morgan fingerprint density at radius 1 is 1.00 bits per heavy atom. The fraction of sp³-hybridized carbons (Fsp3) is 0.333. The fourth-order valence-corrected chi connectivity index (χ4v) is 3.30. The maximum Gasteiger partial charge on any atom is 0.264 e. The van der Waals surface area contributed by atoms with Crippen LogP contribution in [0.5, 0.6) is 0 Å². The maximum atomic E-state index is 11.1. The SMILES string of the molecule is C[C@H](c1ccc2nccnc2c1)N1CCN(c2ccc(=O)[nH]n2)CC1. The van der Waals surface area contributed by atoms with Crippen molar-refractivity contribution in [3.63, 3.8) is 0 Å². The number of aromatic amines is 1. The van der Waals surface area contributed by atoms with Crippen molar-refractivity contribution < 1.29 is 0 Å². The molecule has 7 nitrogen and oxygen atoms in total. The van der Waals surface area contributed by atoms with Crippen LogP contribution >= 0.6 is 0 Å². The summed E-state index contributed by atoms with van der Waals surface area (Å²) in [6.45, 7) is 5.89. The van der Waals surface area contributed by atoms with Crippen molar-refractivity contribution in [3.05, 3.63) is 58.6 Å². The van der Waals surface area contributed by atoms with Crippen molar-refractivity contribution in [3.8, 4) is 0 Å². The molecule has 4 rings (SSSR count). The molecule has 0 bridgehead atoms. The minimum absolute atomic E-state index is 0.171. The lowest BCUT2D eigenvalue weighted by molar-refractivity contribution is 0.198. The number of hydrogen-bond donors (Lipinski definition) is 1. The van der Waals surface area contributed by atoms with Gasteiger partial charge in [-0.1, -0.05) is 6.07 Å². The molecule has 1 atom stereocenters. The van der Waals surface area contributed by atoms with E-state index in [2.05, 4.69) is 49.0 Å². The van der Waals surface area contributed by atoms with Crippen LogP contribution in [-0.4, -0.2) is 51.2 Å². The first-order valence-electron chi connectivity index (χ1n) is 8.46. The van der Waals surface area contributed by atoms with Gasteiger partial charge in [-0.2, -0.15) is 5.10 Å². The van der Waals surface area contributed by atoms with Crippen molar-refractivity contribution in [2.24, 2.45) is 0 Å². The van der Waals surface area contributed by atoms with Crippen LogP contribution in [0.1, 0.15) is 18.5 Å². The molecule has 1 aliphatic heterocycles. The van der Waals surface area contributed by atoms with E-state index >= 15 is 0 Å². The van der Waals surface area contributed by atoms with Crippen LogP contribution in [-0.2, 0) is 0 Å². The summed E-state index contributed by atoms with van der Waals surface area (Å²) in [6.07, 6.45) is 3.45. The van der Waals surface area contributed by atoms with E-state index in [9.17, 15) is 4.79 Å². The quantitative estimate of drug-likeness (QED) is 0.783. The molecule has 1 saturated heterocycles. The summed E-state index contributed by atoms with van der Waals surface area (Å²) < 4.78 is 0. The van der Waals surface area contributed by atoms with Crippen molar-refractivity contribution >= 4 is 16.9 Å². The summed E-state index contributed by atoms with van der Waals surface area (Å²) in [4.78, 5) is 24.5. The van der Waals surface area contributed by atoms with Crippen LogP contribution < -0.4 is 10.5 Å². The molecule has 0 aliphatic carbocycles. The first kappa shape index (κ1) is 15.7. The number of hydrogen-bond acceptors (Lipinski definition) is 6. The van der Waals surface area contributed by atoms with E-state index in [1.807, 2.05) is 6.07 Å². The number of rotatable bonds is 3. The topological polar surface area (TPSA) is 78.0 Å². The lowest BCUT2D eigenvalue weighted by Crippen LogP contribution is -2.47. The third-order valence-electron chi connectivity index (χ3n) is 4.83. The predicted octanol–water partition coefficient (Wildman–Crippen LogP) is 1.60. The largest absolute Gasteiger partial charge is 0.353 e. The monoisotopic (exact) mass is 336 g/mol. The van der Waals surface area contributed by atoms with Crippen LogP contribution in [0.15, 0.2) is 47.5 Å². The third-order valence-corrected chi connectivity index (χ3v) is 4.83. The summed E-state index contributed by atoms with van der Waals surface area (Å²) in [5.41, 5.74) is 2.94. The zero-order valence-corrected chi connectivity index (χ0v) is 14.1. The second-order valence-corrected chi connectivity index (χ2v) is 6.28. The van der Waals surface area contributed by atoms with Gasteiger partial charge in [0.05, 0.1) is 11.0 Å². The molecule has 0 spiro atoms. The first-order valence-corrected chi connectivity index (χ1v) is 8.46. The van der Waals surface area contributed by atoms with Gasteiger partial charge < -0.3 is 4.90 Å². The standard InChI is InChI=1S/C18H20N6O/c1-13(14-2-3-15-16(12-14)20-7-6-19-15)23-8-10-24(11-9-23)17-4-5-18(25)22-21-17/h2-7,12-13H,8-11H2,1H3,(H,22,25)/t13-/m1/s1. The number of piperazine rings is 1. The van der Waals surface area contributed by atoms with E-state index in [1.54, 1.807) is 18.5 Å². The number of benzene rings is 1. The van der Waals surface area contributed by atoms with Gasteiger partial charge in [-0.3, -0.25) is 19.7 Å². The minimum atomic E-state index is -0.171. The van der Waals surface area contributed by atoms with Crippen molar-refractivity contribution in [2.75, 3.05) is 31.1 Å². The van der Waals surface area contributed by atoms with Gasteiger partial charge in [-0.05, 0) is 30.7 Å². The van der Waals surface area contributed by atoms with E-state index in [0.29, 0.717) is 6.04 Å². The Morgan fingerprint density at radius 2 is 1.76 bits per heavy atom. The highest BCUT2D eigenvalue weighted by atomic mass is 16.1. The average Bonchev–Trinajstić information content (AvgIpc) is 2.68. The van der Waals surface area contributed by atoms with Crippen molar-refractivity contribution in [1.29, 1.82) is 0 Å². The van der Waals surface area contributed by atoms with Crippen molar-refractivity contribution in [1.82, 2.24) is 25.1 Å². The molecule has 2 aromatic heterocycles. The fourth-order valence-electron chi connectivity index (χ4n) is 3.30. The van der Waals surface area contributed by atoms with Crippen molar-refractivity contribution in [2.45, 2.75) is 13.0 Å². The van der Waals surface area contributed by atoms with Gasteiger partial charge in [0.15, 0.2) is 0 Å². The van der Waals surface area contributed by atoms with E-state index < -0.39 is 0 Å². The molecule has 3 aromatic rings. The molecular weight excluding hydrogens is 316 g/mol. The number of nitrogens with one attached hydrogen (secondary N) is 1. The van der Waals surface area contributed by atoms with Gasteiger partial charge in [0.1, 0.15) is 5.82 Å². The van der Waals surface area contributed by atoms with Crippen LogP contribution in [0.25, 0.3) is 11.0 Å². The second kappa shape index (κ2) is 6.60. The lowest BCUT2D eigenvalue weighted by Gasteiger charge is -2.38. The highest BCUT2D eigenvalue weighted by Crippen LogP contribution is 2.24. The number of nitrogens with zero attached hydrogens (tertiary/aromatic N) is 5. The zero-order valence-electron chi connectivity index (χ0n) is 14.1. The number of anilines is 1. The van der Waals surface area contributed by atoms with E-state index in [1.165, 1.54) is 11.6 Å². The van der Waals surface area contributed by atoms with Crippen LogP contribution in [0, 0.1) is 0 Å². The van der Waals surface area contributed by atoms with Crippen LogP contribution in [0.4, 0.5) is 5.82 Å². The summed E-state index contributed by atoms with van der Waals surface area (Å²) in [5, 5.41) is 6.62. The highest BCUT2D eigenvalue weighted by Gasteiger charge is 2.23. The zero-order chi connectivity index (χ0) is 17.2. The normalized spacial score (nSPS) is 16.9. The molecule has 0 amide bonds. The summed E-state index contributed by atoms with van der Waals surface area (Å²) >= 11 is 0. The Labute approximate surface area is 145 Å². The molecular formula is C18H20N6O. The number of fused-ring (bicyclic) bond motifs is 1. The Bertz CT molecular complexity index is 912. The second-order valence-electron chi connectivity index (χ2n) is 6.28. The Hall–Kier alpha value is -2.80. The van der Waals surface area contributed by atoms with Gasteiger partial charge in [0.2, 0.25) is 0 Å². The van der Waals surface area contributed by atoms with Crippen LogP contribution in [0.2, 0.25) is 0 Å². The van der Waals surface area contributed by atoms with Gasteiger partial charge >= 0.3 is 0 Å². The minimum Gasteiger partial charge on any atom is -0.353 e. The maximum absolute atomic E-state index is 11.1. The molecule has 1 N–H and O–H groups in total. The summed E-state index contributed by atoms with van der Waals surface area (Å²) in [7, 11) is 0. The molecule has 1 aliphatic rings. The molecule has 7 heteroatoms. The van der Waals surface area contributed by atoms with Crippen LogP contribution in [0.3, 0.4) is 0 Å². The Morgan fingerprint density at radius 3 is 2.48 bits per heavy atom. The molecule has 0 radical (unpaired) electrons. The smallest absolute Gasteiger partial charge is 0.264 e. The average molecular weight is 336 g/mol. The van der Waals surface area contributed by atoms with E-state index in [0.717, 1.165) is 43.0 Å². The first-order chi connectivity index (χ1) is 12.2. The molecule has 0 saturated carbocycles. The summed E-state index contributed by atoms with van der Waals surface area (Å²) in [6, 6.07) is 9.92. The van der Waals surface area contributed by atoms with Gasteiger partial charge in [0, 0.05) is 50.7 Å².